The average Bonchev–Trinajstić information content (AvgIpc) is 3.66. The third kappa shape index (κ3) is 4.33. The fourth-order valence-corrected chi connectivity index (χ4v) is 8.20. The second-order valence-corrected chi connectivity index (χ2v) is 12.9. The van der Waals surface area contributed by atoms with Crippen LogP contribution in [0.1, 0.15) is 66.3 Å². The first kappa shape index (κ1) is 30.7. The molecule has 1 saturated heterocycles. The van der Waals surface area contributed by atoms with Gasteiger partial charge < -0.3 is 10.2 Å². The highest BCUT2D eigenvalue weighted by Crippen LogP contribution is 2.63. The molecule has 10 heteroatoms. The van der Waals surface area contributed by atoms with Crippen molar-refractivity contribution in [3.05, 3.63) is 92.8 Å². The number of halogens is 3. The molecule has 4 aromatic rings. The zero-order valence-electron chi connectivity index (χ0n) is 24.2. The lowest BCUT2D eigenvalue weighted by atomic mass is 9.73. The number of likely N-dealkylation sites (tertiary alicyclic amines) is 1. The maximum absolute atomic E-state index is 16.0. The minimum Gasteiger partial charge on any atom is -0.324 e. The Morgan fingerprint density at radius 3 is 2.70 bits per heavy atom. The Kier molecular flexibility index (Phi) is 7.85. The molecule has 1 N–H and O–H groups in total. The monoisotopic (exact) mass is 635 g/mol. The maximum Gasteiger partial charge on any atom is 0.250 e. The predicted molar refractivity (Wildman–Crippen MR) is 173 cm³/mol. The number of carbonyl (C=O) groups is 2. The van der Waals surface area contributed by atoms with Crippen LogP contribution >= 0.6 is 23.2 Å². The minimum absolute atomic E-state index is 0. The van der Waals surface area contributed by atoms with Gasteiger partial charge in [0, 0.05) is 57.7 Å². The third-order valence-electron chi connectivity index (χ3n) is 9.50. The summed E-state index contributed by atoms with van der Waals surface area (Å²) in [7, 11) is 3.99. The molecular formula is C34H36Cl2FN5O2. The van der Waals surface area contributed by atoms with Crippen LogP contribution in [0.5, 0.6) is 0 Å². The topological polar surface area (TPSA) is 70.5 Å². The minimum atomic E-state index is -1.20. The van der Waals surface area contributed by atoms with Crippen molar-refractivity contribution < 1.29 is 14.0 Å². The number of amides is 1. The quantitative estimate of drug-likeness (QED) is 0.220. The van der Waals surface area contributed by atoms with Gasteiger partial charge in [0.2, 0.25) is 5.91 Å². The molecule has 0 saturated carbocycles. The van der Waals surface area contributed by atoms with Gasteiger partial charge in [0.25, 0.3) is 0 Å². The van der Waals surface area contributed by atoms with Crippen molar-refractivity contribution in [2.75, 3.05) is 32.5 Å². The largest absolute Gasteiger partial charge is 0.324 e. The molecule has 0 bridgehead atoms. The van der Waals surface area contributed by atoms with Gasteiger partial charge in [-0.05, 0) is 63.4 Å². The van der Waals surface area contributed by atoms with Crippen molar-refractivity contribution in [1.82, 2.24) is 19.6 Å². The van der Waals surface area contributed by atoms with Crippen LogP contribution in [0.15, 0.2) is 54.6 Å². The van der Waals surface area contributed by atoms with Crippen LogP contribution in [0.25, 0.3) is 10.9 Å². The van der Waals surface area contributed by atoms with Gasteiger partial charge in [-0.2, -0.15) is 5.10 Å². The van der Waals surface area contributed by atoms with E-state index in [0.717, 1.165) is 35.1 Å². The van der Waals surface area contributed by atoms with Crippen molar-refractivity contribution in [1.29, 1.82) is 0 Å². The van der Waals surface area contributed by atoms with Gasteiger partial charge in [0.05, 0.1) is 16.6 Å². The van der Waals surface area contributed by atoms with Crippen molar-refractivity contribution in [2.24, 2.45) is 0 Å². The van der Waals surface area contributed by atoms with Crippen LogP contribution < -0.4 is 5.32 Å². The molecule has 3 aromatic carbocycles. The number of nitrogens with one attached hydrogen (secondary N) is 1. The second kappa shape index (κ2) is 11.2. The van der Waals surface area contributed by atoms with E-state index < -0.39 is 17.3 Å². The van der Waals surface area contributed by atoms with E-state index >= 15 is 4.39 Å². The molecule has 7 nitrogen and oxygen atoms in total. The summed E-state index contributed by atoms with van der Waals surface area (Å²) in [6.45, 7) is 3.43. The summed E-state index contributed by atoms with van der Waals surface area (Å²) in [5.41, 5.74) is 2.96. The Hall–Kier alpha value is -3.30. The van der Waals surface area contributed by atoms with E-state index in [0.29, 0.717) is 41.2 Å². The van der Waals surface area contributed by atoms with Crippen LogP contribution in [-0.4, -0.2) is 64.5 Å². The van der Waals surface area contributed by atoms with Gasteiger partial charge >= 0.3 is 0 Å². The molecule has 3 aliphatic rings. The van der Waals surface area contributed by atoms with E-state index in [4.69, 9.17) is 28.3 Å². The number of anilines is 1. The highest BCUT2D eigenvalue weighted by molar-refractivity contribution is 6.31. The zero-order valence-corrected chi connectivity index (χ0v) is 25.7. The number of nitrogens with zero attached hydrogens (tertiary/aromatic N) is 4. The molecule has 0 unspecified atom stereocenters. The Balaban J connectivity index is 0.00000343. The van der Waals surface area contributed by atoms with E-state index in [1.165, 1.54) is 6.07 Å². The van der Waals surface area contributed by atoms with Crippen LogP contribution in [0, 0.1) is 5.82 Å². The van der Waals surface area contributed by atoms with E-state index in [9.17, 15) is 9.59 Å². The first-order chi connectivity index (χ1) is 20.7. The molecule has 1 fully saturated rings. The van der Waals surface area contributed by atoms with Gasteiger partial charge in [-0.3, -0.25) is 19.2 Å². The fraction of sp³-hybridized carbons (Fsp3) is 0.382. The molecule has 230 valence electrons. The number of aromatic nitrogens is 2. The van der Waals surface area contributed by atoms with E-state index in [1.54, 1.807) is 24.3 Å². The average molecular weight is 637 g/mol. The molecule has 3 aliphatic heterocycles. The number of ketones is 1. The van der Waals surface area contributed by atoms with Gasteiger partial charge in [0.15, 0.2) is 5.78 Å². The molecule has 7 rings (SSSR count). The number of rotatable bonds is 7. The van der Waals surface area contributed by atoms with E-state index in [1.807, 2.05) is 50.0 Å². The van der Waals surface area contributed by atoms with Crippen LogP contribution in [-0.2, 0) is 16.8 Å². The molecule has 4 heterocycles. The lowest BCUT2D eigenvalue weighted by Crippen LogP contribution is -2.52. The number of benzene rings is 3. The molecule has 0 aliphatic carbocycles. The number of hydrogen-bond donors (Lipinski definition) is 1. The van der Waals surface area contributed by atoms with Crippen molar-refractivity contribution >= 4 is 51.5 Å². The maximum atomic E-state index is 16.0. The van der Waals surface area contributed by atoms with Gasteiger partial charge in [-0.15, -0.1) is 0 Å². The highest BCUT2D eigenvalue weighted by Gasteiger charge is 2.69. The van der Waals surface area contributed by atoms with Crippen LogP contribution in [0.2, 0.25) is 10.0 Å². The number of carbonyl (C=O) groups excluding carboxylic acids is 2. The number of likely N-dealkylation sites (N-methyl/N-ethyl adjacent to an activating group) is 1. The Morgan fingerprint density at radius 2 is 1.95 bits per heavy atom. The summed E-state index contributed by atoms with van der Waals surface area (Å²) in [4.78, 5) is 31.5. The Bertz CT molecular complexity index is 1810. The smallest absolute Gasteiger partial charge is 0.250 e. The molecule has 44 heavy (non-hydrogen) atoms. The first-order valence-electron chi connectivity index (χ1n) is 14.7. The summed E-state index contributed by atoms with van der Waals surface area (Å²) in [6.07, 6.45) is 1.87. The van der Waals surface area contributed by atoms with Crippen molar-refractivity contribution in [3.63, 3.8) is 0 Å². The summed E-state index contributed by atoms with van der Waals surface area (Å²) in [5.74, 6) is -1.30. The Morgan fingerprint density at radius 1 is 1.16 bits per heavy atom. The van der Waals surface area contributed by atoms with E-state index in [-0.39, 0.29) is 36.2 Å². The number of hydrogen-bond acceptors (Lipinski definition) is 5. The van der Waals surface area contributed by atoms with E-state index in [2.05, 4.69) is 15.1 Å². The SMILES string of the molecule is C.CCN1[C@H]2Cc3c4ccc(C(=O)CCCN(C)C)cc4nn3[C@H]2[C@H](c2cccc(Cl)c2F)[C@]12C(=O)Nc1cc(Cl)ccc12. The van der Waals surface area contributed by atoms with Crippen molar-refractivity contribution in [2.45, 2.75) is 57.2 Å². The second-order valence-electron chi connectivity index (χ2n) is 12.0. The number of fused-ring (bicyclic) bond motifs is 7. The highest BCUT2D eigenvalue weighted by atomic mass is 35.5. The van der Waals surface area contributed by atoms with Crippen molar-refractivity contribution in [3.8, 4) is 0 Å². The lowest BCUT2D eigenvalue weighted by Gasteiger charge is -2.39. The fourth-order valence-electron chi connectivity index (χ4n) is 7.85. The molecule has 1 amide bonds. The summed E-state index contributed by atoms with van der Waals surface area (Å²) in [5, 5.41) is 9.61. The van der Waals surface area contributed by atoms with Crippen LogP contribution in [0.4, 0.5) is 10.1 Å². The lowest BCUT2D eigenvalue weighted by molar-refractivity contribution is -0.127. The molecule has 1 aromatic heterocycles. The zero-order chi connectivity index (χ0) is 30.2. The summed E-state index contributed by atoms with van der Waals surface area (Å²) < 4.78 is 18.0. The number of Topliss-reactive ketones (excluding diaryl/α,β-unsaturated/α-hetero) is 1. The third-order valence-corrected chi connectivity index (χ3v) is 10.0. The predicted octanol–water partition coefficient (Wildman–Crippen LogP) is 7.08. The summed E-state index contributed by atoms with van der Waals surface area (Å²) >= 11 is 12.7. The molecule has 4 atom stereocenters. The van der Waals surface area contributed by atoms with Gasteiger partial charge in [-0.1, -0.05) is 67.9 Å². The molecule has 1 spiro atoms. The standard InChI is InChI=1S/C33H32Cl2FN5O2.CH4/c1-4-40-27-17-26-20-12-10-18(28(42)9-6-14-39(2)3)15-24(20)38-41(26)31(27)29(21-7-5-8-23(35)30(21)36)33(40)22-13-11-19(34)16-25(22)37-32(33)43;/h5,7-8,10-13,15-16,27,29,31H,4,6,9,14,17H2,1-3H3,(H,37,43);1H4/t27-,29-,31+,33+;/m0./s1. The van der Waals surface area contributed by atoms with Crippen LogP contribution in [0.3, 0.4) is 0 Å². The Labute approximate surface area is 266 Å². The van der Waals surface area contributed by atoms with Gasteiger partial charge in [-0.25, -0.2) is 4.39 Å². The first-order valence-corrected chi connectivity index (χ1v) is 15.4. The normalized spacial score (nSPS) is 23.6. The molecular weight excluding hydrogens is 600 g/mol. The van der Waals surface area contributed by atoms with Gasteiger partial charge in [0.1, 0.15) is 11.4 Å². The molecule has 0 radical (unpaired) electrons. The summed E-state index contributed by atoms with van der Waals surface area (Å²) in [6, 6.07) is 15.6.